The Labute approximate surface area is 135 Å². The summed E-state index contributed by atoms with van der Waals surface area (Å²) in [6.45, 7) is 6.56. The van der Waals surface area contributed by atoms with Crippen LogP contribution in [0.25, 0.3) is 0 Å². The Morgan fingerprint density at radius 1 is 1.29 bits per heavy atom. The van der Waals surface area contributed by atoms with E-state index >= 15 is 0 Å². The summed E-state index contributed by atoms with van der Waals surface area (Å²) >= 11 is 2.08. The standard InChI is InChI=1S/C16H34N4S/c1-6-13(7-2)15(20(4)5)12-19-16(17-3)18-11-14-9-8-10-21-14/h13-15H,6-12H2,1-5H3,(H2,17,18,19). The molecule has 0 amide bonds. The highest BCUT2D eigenvalue weighted by Crippen LogP contribution is 2.25. The minimum atomic E-state index is 0.555. The predicted molar refractivity (Wildman–Crippen MR) is 96.4 cm³/mol. The van der Waals surface area contributed by atoms with Crippen molar-refractivity contribution in [2.24, 2.45) is 10.9 Å². The molecule has 0 radical (unpaired) electrons. The molecule has 1 aliphatic heterocycles. The molecule has 4 nitrogen and oxygen atoms in total. The van der Waals surface area contributed by atoms with E-state index in [1.54, 1.807) is 0 Å². The van der Waals surface area contributed by atoms with Gasteiger partial charge in [-0.25, -0.2) is 0 Å². The van der Waals surface area contributed by atoms with Gasteiger partial charge in [-0.1, -0.05) is 26.7 Å². The summed E-state index contributed by atoms with van der Waals surface area (Å²) < 4.78 is 0. The molecule has 0 aromatic carbocycles. The van der Waals surface area contributed by atoms with Crippen molar-refractivity contribution >= 4 is 17.7 Å². The highest BCUT2D eigenvalue weighted by molar-refractivity contribution is 8.00. The summed E-state index contributed by atoms with van der Waals surface area (Å²) in [5.74, 6) is 2.99. The zero-order valence-corrected chi connectivity index (χ0v) is 15.3. The van der Waals surface area contributed by atoms with E-state index in [4.69, 9.17) is 0 Å². The van der Waals surface area contributed by atoms with Gasteiger partial charge in [0.15, 0.2) is 5.96 Å². The molecule has 5 heteroatoms. The van der Waals surface area contributed by atoms with Crippen LogP contribution in [0.4, 0.5) is 0 Å². The van der Waals surface area contributed by atoms with Gasteiger partial charge in [0.2, 0.25) is 0 Å². The summed E-state index contributed by atoms with van der Waals surface area (Å²) in [5.41, 5.74) is 0. The van der Waals surface area contributed by atoms with E-state index in [0.29, 0.717) is 6.04 Å². The maximum absolute atomic E-state index is 4.36. The molecule has 1 rings (SSSR count). The average Bonchev–Trinajstić information content (AvgIpc) is 2.99. The van der Waals surface area contributed by atoms with Gasteiger partial charge in [-0.15, -0.1) is 0 Å². The molecule has 1 aliphatic rings. The fourth-order valence-electron chi connectivity index (χ4n) is 3.04. The van der Waals surface area contributed by atoms with Crippen LogP contribution in [0.5, 0.6) is 0 Å². The van der Waals surface area contributed by atoms with Crippen molar-refractivity contribution in [3.05, 3.63) is 0 Å². The van der Waals surface area contributed by atoms with Crippen LogP contribution in [-0.2, 0) is 0 Å². The number of rotatable bonds is 8. The van der Waals surface area contributed by atoms with Crippen LogP contribution >= 0.6 is 11.8 Å². The quantitative estimate of drug-likeness (QED) is 0.533. The third-order valence-electron chi connectivity index (χ3n) is 4.48. The Hall–Kier alpha value is -0.420. The summed E-state index contributed by atoms with van der Waals surface area (Å²) in [7, 11) is 6.21. The summed E-state index contributed by atoms with van der Waals surface area (Å²) in [4.78, 5) is 6.70. The molecule has 2 atom stereocenters. The molecule has 1 saturated heterocycles. The molecule has 0 aliphatic carbocycles. The normalized spacial score (nSPS) is 21.1. The first-order valence-electron chi connectivity index (χ1n) is 8.34. The monoisotopic (exact) mass is 314 g/mol. The van der Waals surface area contributed by atoms with Crippen molar-refractivity contribution in [1.29, 1.82) is 0 Å². The van der Waals surface area contributed by atoms with E-state index in [1.165, 1.54) is 31.4 Å². The first kappa shape index (κ1) is 18.6. The van der Waals surface area contributed by atoms with Crippen LogP contribution < -0.4 is 10.6 Å². The Morgan fingerprint density at radius 2 is 2.00 bits per heavy atom. The first-order valence-corrected chi connectivity index (χ1v) is 9.39. The number of likely N-dealkylation sites (N-methyl/N-ethyl adjacent to an activating group) is 1. The smallest absolute Gasteiger partial charge is 0.191 e. The third-order valence-corrected chi connectivity index (χ3v) is 5.88. The van der Waals surface area contributed by atoms with Gasteiger partial charge >= 0.3 is 0 Å². The van der Waals surface area contributed by atoms with Crippen LogP contribution in [0, 0.1) is 5.92 Å². The van der Waals surface area contributed by atoms with Crippen molar-refractivity contribution in [3.8, 4) is 0 Å². The zero-order chi connectivity index (χ0) is 15.7. The van der Waals surface area contributed by atoms with Crippen molar-refractivity contribution in [3.63, 3.8) is 0 Å². The molecule has 0 bridgehead atoms. The van der Waals surface area contributed by atoms with Gasteiger partial charge in [0.1, 0.15) is 0 Å². The maximum Gasteiger partial charge on any atom is 0.191 e. The van der Waals surface area contributed by atoms with Crippen molar-refractivity contribution in [2.75, 3.05) is 40.0 Å². The Bertz CT molecular complexity index is 297. The molecule has 0 aromatic rings. The van der Waals surface area contributed by atoms with Gasteiger partial charge in [-0.2, -0.15) is 11.8 Å². The van der Waals surface area contributed by atoms with Gasteiger partial charge in [0.25, 0.3) is 0 Å². The number of nitrogens with one attached hydrogen (secondary N) is 2. The lowest BCUT2D eigenvalue weighted by Crippen LogP contribution is -2.48. The molecule has 0 saturated carbocycles. The lowest BCUT2D eigenvalue weighted by molar-refractivity contribution is 0.200. The van der Waals surface area contributed by atoms with Gasteiger partial charge in [-0.3, -0.25) is 4.99 Å². The molecule has 2 unspecified atom stereocenters. The zero-order valence-electron chi connectivity index (χ0n) is 14.5. The third kappa shape index (κ3) is 6.47. The number of thioether (sulfide) groups is 1. The van der Waals surface area contributed by atoms with Crippen LogP contribution in [-0.4, -0.2) is 62.1 Å². The molecule has 1 heterocycles. The second-order valence-corrected chi connectivity index (χ2v) is 7.48. The van der Waals surface area contributed by atoms with Gasteiger partial charge in [-0.05, 0) is 38.6 Å². The summed E-state index contributed by atoms with van der Waals surface area (Å²) in [6, 6.07) is 0.555. The van der Waals surface area contributed by atoms with E-state index < -0.39 is 0 Å². The molecular weight excluding hydrogens is 280 g/mol. The second kappa shape index (κ2) is 10.3. The van der Waals surface area contributed by atoms with Crippen LogP contribution in [0.3, 0.4) is 0 Å². The number of aliphatic imine (C=N–C) groups is 1. The molecule has 0 spiro atoms. The highest BCUT2D eigenvalue weighted by Gasteiger charge is 2.21. The largest absolute Gasteiger partial charge is 0.355 e. The average molecular weight is 315 g/mol. The molecule has 0 aromatic heterocycles. The Morgan fingerprint density at radius 3 is 2.48 bits per heavy atom. The van der Waals surface area contributed by atoms with E-state index in [9.17, 15) is 0 Å². The molecule has 21 heavy (non-hydrogen) atoms. The van der Waals surface area contributed by atoms with Crippen LogP contribution in [0.15, 0.2) is 4.99 Å². The van der Waals surface area contributed by atoms with E-state index in [0.717, 1.165) is 30.2 Å². The molecular formula is C16H34N4S. The van der Waals surface area contributed by atoms with Crippen molar-refractivity contribution in [1.82, 2.24) is 15.5 Å². The molecule has 1 fully saturated rings. The summed E-state index contributed by atoms with van der Waals surface area (Å²) in [5, 5.41) is 7.75. The summed E-state index contributed by atoms with van der Waals surface area (Å²) in [6.07, 6.45) is 5.15. The van der Waals surface area contributed by atoms with Gasteiger partial charge in [0, 0.05) is 31.4 Å². The van der Waals surface area contributed by atoms with Crippen LogP contribution in [0.1, 0.15) is 39.5 Å². The molecule has 2 N–H and O–H groups in total. The first-order chi connectivity index (χ1) is 10.1. The lowest BCUT2D eigenvalue weighted by atomic mass is 9.93. The highest BCUT2D eigenvalue weighted by atomic mass is 32.2. The topological polar surface area (TPSA) is 39.7 Å². The van der Waals surface area contributed by atoms with E-state index in [-0.39, 0.29) is 0 Å². The number of hydrogen-bond acceptors (Lipinski definition) is 3. The van der Waals surface area contributed by atoms with Gasteiger partial charge < -0.3 is 15.5 Å². The minimum absolute atomic E-state index is 0.555. The van der Waals surface area contributed by atoms with E-state index in [2.05, 4.69) is 60.2 Å². The van der Waals surface area contributed by atoms with Crippen molar-refractivity contribution in [2.45, 2.75) is 50.8 Å². The molecule has 124 valence electrons. The minimum Gasteiger partial charge on any atom is -0.355 e. The van der Waals surface area contributed by atoms with E-state index in [1.807, 2.05) is 7.05 Å². The second-order valence-electron chi connectivity index (χ2n) is 6.08. The fourth-order valence-corrected chi connectivity index (χ4v) is 4.24. The number of guanidine groups is 1. The predicted octanol–water partition coefficient (Wildman–Crippen LogP) is 2.41. The van der Waals surface area contributed by atoms with Crippen LogP contribution in [0.2, 0.25) is 0 Å². The van der Waals surface area contributed by atoms with Crippen molar-refractivity contribution < 1.29 is 0 Å². The number of nitrogens with zero attached hydrogens (tertiary/aromatic N) is 2. The SMILES string of the molecule is CCC(CC)C(CNC(=NC)NCC1CCCS1)N(C)C. The Balaban J connectivity index is 2.40. The van der Waals surface area contributed by atoms with Gasteiger partial charge in [0.05, 0.1) is 0 Å². The maximum atomic E-state index is 4.36. The Kier molecular flexibility index (Phi) is 9.16. The fraction of sp³-hybridized carbons (Fsp3) is 0.938. The number of hydrogen-bond donors (Lipinski definition) is 2. The lowest BCUT2D eigenvalue weighted by Gasteiger charge is -2.32.